The third kappa shape index (κ3) is 4.61. The average Bonchev–Trinajstić information content (AvgIpc) is 3.30. The van der Waals surface area contributed by atoms with Gasteiger partial charge in [0, 0.05) is 31.7 Å². The second-order valence-electron chi connectivity index (χ2n) is 7.94. The van der Waals surface area contributed by atoms with Gasteiger partial charge in [-0.1, -0.05) is 31.5 Å². The summed E-state index contributed by atoms with van der Waals surface area (Å²) in [6.07, 6.45) is 2.02. The number of nitrogens with zero attached hydrogens (tertiary/aromatic N) is 3. The van der Waals surface area contributed by atoms with Crippen LogP contribution in [0.5, 0.6) is 0 Å². The molecule has 1 aromatic rings. The number of hydrogen-bond donors (Lipinski definition) is 1. The molecule has 2 aliphatic heterocycles. The summed E-state index contributed by atoms with van der Waals surface area (Å²) >= 11 is 5.84. The number of urea groups is 1. The molecule has 3 unspecified atom stereocenters. The van der Waals surface area contributed by atoms with Crippen LogP contribution in [-0.4, -0.2) is 73.1 Å². The number of carbonyl (C=O) groups is 1. The highest BCUT2D eigenvalue weighted by molar-refractivity contribution is 6.30. The third-order valence-electron chi connectivity index (χ3n) is 6.35. The number of hydrogen-bond acceptors (Lipinski definition) is 3. The second-order valence-corrected chi connectivity index (χ2v) is 8.35. The fraction of sp³-hybridized carbons (Fsp3) is 0.667. The number of rotatable bonds is 6. The molecule has 2 heterocycles. The average molecular weight is 411 g/mol. The van der Waals surface area contributed by atoms with Gasteiger partial charge in [-0.2, -0.15) is 0 Å². The Kier molecular flexibility index (Phi) is 7.18. The topological polar surface area (TPSA) is 38.8 Å². The molecule has 3 atom stereocenters. The van der Waals surface area contributed by atoms with E-state index in [1.165, 1.54) is 6.07 Å². The SMILES string of the molecule is CCN(CC)C1CCN(C(=O)NCC2CCN(C)C2c2ccc(Cl)c(F)c2)C1. The quantitative estimate of drug-likeness (QED) is 0.778. The fourth-order valence-electron chi connectivity index (χ4n) is 4.76. The van der Waals surface area contributed by atoms with E-state index in [0.29, 0.717) is 12.6 Å². The van der Waals surface area contributed by atoms with Crippen LogP contribution >= 0.6 is 11.6 Å². The highest BCUT2D eigenvalue weighted by Gasteiger charge is 2.35. The largest absolute Gasteiger partial charge is 0.338 e. The van der Waals surface area contributed by atoms with Crippen LogP contribution in [0.15, 0.2) is 18.2 Å². The summed E-state index contributed by atoms with van der Waals surface area (Å²) in [7, 11) is 2.05. The van der Waals surface area contributed by atoms with Crippen molar-refractivity contribution >= 4 is 17.6 Å². The summed E-state index contributed by atoms with van der Waals surface area (Å²) in [5, 5.41) is 3.27. The number of benzene rings is 1. The molecule has 2 aliphatic rings. The monoisotopic (exact) mass is 410 g/mol. The molecule has 0 aromatic heterocycles. The molecule has 0 aliphatic carbocycles. The molecule has 1 N–H and O–H groups in total. The van der Waals surface area contributed by atoms with Crippen molar-refractivity contribution in [2.75, 3.05) is 46.3 Å². The lowest BCUT2D eigenvalue weighted by molar-refractivity contribution is 0.189. The van der Waals surface area contributed by atoms with Crippen LogP contribution in [-0.2, 0) is 0 Å². The van der Waals surface area contributed by atoms with Crippen molar-refractivity contribution < 1.29 is 9.18 Å². The summed E-state index contributed by atoms with van der Waals surface area (Å²) in [6, 6.07) is 5.61. The van der Waals surface area contributed by atoms with Crippen LogP contribution in [0.4, 0.5) is 9.18 Å². The van der Waals surface area contributed by atoms with Crippen molar-refractivity contribution in [3.8, 4) is 0 Å². The Labute approximate surface area is 172 Å². The first kappa shape index (κ1) is 21.3. The third-order valence-corrected chi connectivity index (χ3v) is 6.66. The first-order valence-electron chi connectivity index (χ1n) is 10.4. The molecule has 28 heavy (non-hydrogen) atoms. The maximum absolute atomic E-state index is 13.9. The molecule has 2 fully saturated rings. The summed E-state index contributed by atoms with van der Waals surface area (Å²) < 4.78 is 13.9. The summed E-state index contributed by atoms with van der Waals surface area (Å²) in [6.45, 7) is 9.51. The number of carbonyl (C=O) groups excluding carboxylic acids is 1. The zero-order valence-electron chi connectivity index (χ0n) is 17.1. The van der Waals surface area contributed by atoms with Gasteiger partial charge < -0.3 is 10.2 Å². The summed E-state index contributed by atoms with van der Waals surface area (Å²) in [4.78, 5) is 19.3. The van der Waals surface area contributed by atoms with E-state index in [9.17, 15) is 9.18 Å². The predicted molar refractivity (Wildman–Crippen MR) is 111 cm³/mol. The van der Waals surface area contributed by atoms with Crippen LogP contribution < -0.4 is 5.32 Å². The summed E-state index contributed by atoms with van der Waals surface area (Å²) in [5.74, 6) is -0.127. The lowest BCUT2D eigenvalue weighted by Gasteiger charge is -2.28. The maximum atomic E-state index is 13.9. The Bertz CT molecular complexity index is 684. The van der Waals surface area contributed by atoms with Crippen molar-refractivity contribution in [2.45, 2.75) is 38.8 Å². The molecule has 1 aromatic carbocycles. The van der Waals surface area contributed by atoms with Crippen LogP contribution in [0.3, 0.4) is 0 Å². The molecule has 0 spiro atoms. The van der Waals surface area contributed by atoms with Crippen molar-refractivity contribution in [1.29, 1.82) is 0 Å². The normalized spacial score (nSPS) is 25.6. The van der Waals surface area contributed by atoms with Gasteiger partial charge in [-0.3, -0.25) is 9.80 Å². The van der Waals surface area contributed by atoms with Crippen molar-refractivity contribution in [3.05, 3.63) is 34.6 Å². The summed E-state index contributed by atoms with van der Waals surface area (Å²) in [5.41, 5.74) is 0.920. The van der Waals surface area contributed by atoms with E-state index in [4.69, 9.17) is 11.6 Å². The van der Waals surface area contributed by atoms with Crippen LogP contribution in [0.2, 0.25) is 5.02 Å². The molecule has 5 nitrogen and oxygen atoms in total. The molecule has 3 rings (SSSR count). The number of likely N-dealkylation sites (tertiary alicyclic amines) is 2. The van der Waals surface area contributed by atoms with Crippen molar-refractivity contribution in [3.63, 3.8) is 0 Å². The molecule has 2 amide bonds. The van der Waals surface area contributed by atoms with E-state index in [-0.39, 0.29) is 28.8 Å². The van der Waals surface area contributed by atoms with E-state index in [0.717, 1.165) is 51.1 Å². The van der Waals surface area contributed by atoms with Crippen molar-refractivity contribution in [1.82, 2.24) is 20.0 Å². The number of amides is 2. The fourth-order valence-corrected chi connectivity index (χ4v) is 4.88. The zero-order valence-corrected chi connectivity index (χ0v) is 17.9. The van der Waals surface area contributed by atoms with Gasteiger partial charge in [-0.15, -0.1) is 0 Å². The Hall–Kier alpha value is -1.37. The molecule has 2 saturated heterocycles. The van der Waals surface area contributed by atoms with Gasteiger partial charge in [0.2, 0.25) is 0 Å². The van der Waals surface area contributed by atoms with Gasteiger partial charge in [-0.05, 0) is 63.1 Å². The second kappa shape index (κ2) is 9.42. The molecular weight excluding hydrogens is 379 g/mol. The van der Waals surface area contributed by atoms with E-state index in [2.05, 4.69) is 29.0 Å². The standard InChI is InChI=1S/C21H32ClFN4O/c1-4-26(5-2)17-9-11-27(14-17)21(28)24-13-16-8-10-25(3)20(16)15-6-7-18(22)19(23)12-15/h6-7,12,16-17,20H,4-5,8-11,13-14H2,1-3H3,(H,24,28). The number of halogens is 2. The molecule has 0 bridgehead atoms. The van der Waals surface area contributed by atoms with Gasteiger partial charge in [0.1, 0.15) is 5.82 Å². The Morgan fingerprint density at radius 2 is 2.04 bits per heavy atom. The highest BCUT2D eigenvalue weighted by atomic mass is 35.5. The lowest BCUT2D eigenvalue weighted by Crippen LogP contribution is -2.43. The predicted octanol–water partition coefficient (Wildman–Crippen LogP) is 3.60. The highest BCUT2D eigenvalue weighted by Crippen LogP contribution is 2.36. The molecule has 0 radical (unpaired) electrons. The van der Waals surface area contributed by atoms with Gasteiger partial charge >= 0.3 is 6.03 Å². The molecule has 0 saturated carbocycles. The number of nitrogens with one attached hydrogen (secondary N) is 1. The first-order valence-corrected chi connectivity index (χ1v) is 10.7. The smallest absolute Gasteiger partial charge is 0.317 e. The Morgan fingerprint density at radius 3 is 2.71 bits per heavy atom. The van der Waals surface area contributed by atoms with Gasteiger partial charge in [0.25, 0.3) is 0 Å². The lowest BCUT2D eigenvalue weighted by atomic mass is 9.93. The van der Waals surface area contributed by atoms with Crippen molar-refractivity contribution in [2.24, 2.45) is 5.92 Å². The zero-order chi connectivity index (χ0) is 20.3. The minimum Gasteiger partial charge on any atom is -0.338 e. The van der Waals surface area contributed by atoms with Crippen LogP contribution in [0.25, 0.3) is 0 Å². The molecule has 7 heteroatoms. The van der Waals surface area contributed by atoms with Gasteiger partial charge in [0.15, 0.2) is 0 Å². The van der Waals surface area contributed by atoms with Gasteiger partial charge in [-0.25, -0.2) is 9.18 Å². The Morgan fingerprint density at radius 1 is 1.29 bits per heavy atom. The minimum absolute atomic E-state index is 0.0187. The molecular formula is C21H32ClFN4O. The van der Waals surface area contributed by atoms with E-state index in [1.807, 2.05) is 18.0 Å². The van der Waals surface area contributed by atoms with Crippen LogP contribution in [0.1, 0.15) is 38.3 Å². The van der Waals surface area contributed by atoms with Crippen LogP contribution in [0, 0.1) is 11.7 Å². The van der Waals surface area contributed by atoms with E-state index >= 15 is 0 Å². The maximum Gasteiger partial charge on any atom is 0.317 e. The Balaban J connectivity index is 1.57. The minimum atomic E-state index is -0.387. The van der Waals surface area contributed by atoms with E-state index < -0.39 is 0 Å². The number of likely N-dealkylation sites (N-methyl/N-ethyl adjacent to an activating group) is 1. The molecule has 156 valence electrons. The van der Waals surface area contributed by atoms with E-state index in [1.54, 1.807) is 6.07 Å². The van der Waals surface area contributed by atoms with Gasteiger partial charge in [0.05, 0.1) is 5.02 Å². The first-order chi connectivity index (χ1) is 13.4.